The Hall–Kier alpha value is -4.82. The number of rotatable bonds is 11. The number of alkyl halides is 6. The number of halogens is 7. The van der Waals surface area contributed by atoms with Crippen molar-refractivity contribution in [2.75, 3.05) is 46.0 Å². The van der Waals surface area contributed by atoms with Crippen LogP contribution in [0.5, 0.6) is 5.75 Å². The number of ether oxygens (including phenoxy) is 1. The molecule has 0 spiro atoms. The molecule has 2 aromatic heterocycles. The Morgan fingerprint density at radius 1 is 0.932 bits per heavy atom. The molecule has 0 bridgehead atoms. The molecule has 8 nitrogen and oxygen atoms in total. The van der Waals surface area contributed by atoms with E-state index >= 15 is 0 Å². The molecule has 0 aliphatic rings. The zero-order chi connectivity index (χ0) is 32.2. The highest BCUT2D eigenvalue weighted by Crippen LogP contribution is 2.39. The summed E-state index contributed by atoms with van der Waals surface area (Å²) in [6.45, 7) is -6.20. The zero-order valence-electron chi connectivity index (χ0n) is 23.2. The lowest BCUT2D eigenvalue weighted by Crippen LogP contribution is -2.54. The smallest absolute Gasteiger partial charge is 0.405 e. The Balaban J connectivity index is 1.95. The quantitative estimate of drug-likeness (QED) is 0.176. The molecule has 0 saturated heterocycles. The van der Waals surface area contributed by atoms with Gasteiger partial charge in [0, 0.05) is 18.2 Å². The molecule has 44 heavy (non-hydrogen) atoms. The molecule has 15 heteroatoms. The highest BCUT2D eigenvalue weighted by atomic mass is 19.4. The third-order valence-electron chi connectivity index (χ3n) is 6.60. The lowest BCUT2D eigenvalue weighted by molar-refractivity contribution is -0.115. The molecule has 0 radical (unpaired) electrons. The van der Waals surface area contributed by atoms with Crippen LogP contribution >= 0.6 is 0 Å². The standard InChI is InChI=1S/C29H25F7N4O4/c1-37-26(42)22-20-10-18(16-5-8-21(43-2)19(9-16)25(41)40-28(11-30,12-31)13-32)24(38-14-29(34,35)36)39-27(20)44-23(22)15-3-6-17(33)7-4-15/h3-10H,11-14H2,1-2H3,(H,37,42)(H,38,39)(H,40,41). The van der Waals surface area contributed by atoms with E-state index in [-0.39, 0.29) is 56.2 Å². The fourth-order valence-corrected chi connectivity index (χ4v) is 4.29. The van der Waals surface area contributed by atoms with Crippen LogP contribution in [0.1, 0.15) is 20.7 Å². The van der Waals surface area contributed by atoms with Gasteiger partial charge in [0.2, 0.25) is 5.71 Å². The number of nitrogens with one attached hydrogen (secondary N) is 3. The Morgan fingerprint density at radius 2 is 1.57 bits per heavy atom. The van der Waals surface area contributed by atoms with E-state index in [1.54, 1.807) is 0 Å². The van der Waals surface area contributed by atoms with Crippen molar-refractivity contribution in [3.63, 3.8) is 0 Å². The van der Waals surface area contributed by atoms with Gasteiger partial charge in [-0.15, -0.1) is 0 Å². The summed E-state index contributed by atoms with van der Waals surface area (Å²) in [5, 5.41) is 6.67. The van der Waals surface area contributed by atoms with Crippen LogP contribution in [-0.2, 0) is 0 Å². The molecule has 0 saturated carbocycles. The van der Waals surface area contributed by atoms with Gasteiger partial charge in [0.1, 0.15) is 55.3 Å². The van der Waals surface area contributed by atoms with Gasteiger partial charge in [0.15, 0.2) is 0 Å². The molecule has 0 unspecified atom stereocenters. The number of benzene rings is 2. The molecule has 0 fully saturated rings. The van der Waals surface area contributed by atoms with Crippen LogP contribution in [0, 0.1) is 5.82 Å². The minimum atomic E-state index is -4.68. The number of aromatic nitrogens is 1. The van der Waals surface area contributed by atoms with Gasteiger partial charge in [-0.3, -0.25) is 9.59 Å². The fraction of sp³-hybridized carbons (Fsp3) is 0.276. The summed E-state index contributed by atoms with van der Waals surface area (Å²) in [4.78, 5) is 30.2. The summed E-state index contributed by atoms with van der Waals surface area (Å²) >= 11 is 0. The predicted octanol–water partition coefficient (Wildman–Crippen LogP) is 6.02. The number of pyridine rings is 1. The van der Waals surface area contributed by atoms with Gasteiger partial charge >= 0.3 is 6.18 Å². The van der Waals surface area contributed by atoms with Crippen molar-refractivity contribution in [3.8, 4) is 28.2 Å². The minimum Gasteiger partial charge on any atom is -0.496 e. The van der Waals surface area contributed by atoms with E-state index in [1.807, 2.05) is 5.32 Å². The zero-order valence-corrected chi connectivity index (χ0v) is 23.2. The number of fused-ring (bicyclic) bond motifs is 1. The molecule has 4 aromatic rings. The van der Waals surface area contributed by atoms with Crippen molar-refractivity contribution in [3.05, 3.63) is 65.5 Å². The summed E-state index contributed by atoms with van der Waals surface area (Å²) in [5.74, 6) is -2.83. The summed E-state index contributed by atoms with van der Waals surface area (Å²) in [5.41, 5.74) is -2.77. The van der Waals surface area contributed by atoms with Gasteiger partial charge < -0.3 is 25.1 Å². The molecule has 3 N–H and O–H groups in total. The number of hydrogen-bond donors (Lipinski definition) is 3. The van der Waals surface area contributed by atoms with E-state index in [9.17, 15) is 40.3 Å². The first kappa shape index (κ1) is 32.1. The summed E-state index contributed by atoms with van der Waals surface area (Å²) in [6.07, 6.45) is -4.68. The second-order valence-corrected chi connectivity index (χ2v) is 9.65. The lowest BCUT2D eigenvalue weighted by atomic mass is 9.98. The van der Waals surface area contributed by atoms with E-state index in [1.165, 1.54) is 44.5 Å². The van der Waals surface area contributed by atoms with E-state index in [0.29, 0.717) is 0 Å². The highest BCUT2D eigenvalue weighted by Gasteiger charge is 2.34. The van der Waals surface area contributed by atoms with Crippen molar-refractivity contribution in [1.82, 2.24) is 15.6 Å². The number of furan rings is 1. The van der Waals surface area contributed by atoms with Crippen LogP contribution in [0.3, 0.4) is 0 Å². The molecule has 0 aliphatic heterocycles. The number of amides is 2. The van der Waals surface area contributed by atoms with Gasteiger partial charge in [-0.1, -0.05) is 6.07 Å². The van der Waals surface area contributed by atoms with E-state index < -0.39 is 55.9 Å². The van der Waals surface area contributed by atoms with Crippen LogP contribution in [0.15, 0.2) is 52.9 Å². The van der Waals surface area contributed by atoms with Gasteiger partial charge in [-0.25, -0.2) is 17.6 Å². The molecule has 2 amide bonds. The van der Waals surface area contributed by atoms with Gasteiger partial charge in [0.25, 0.3) is 11.8 Å². The molecule has 4 rings (SSSR count). The maximum atomic E-state index is 13.6. The summed E-state index contributed by atoms with van der Waals surface area (Å²) in [6, 6.07) is 10.0. The Morgan fingerprint density at radius 3 is 2.14 bits per heavy atom. The van der Waals surface area contributed by atoms with Crippen LogP contribution in [0.2, 0.25) is 0 Å². The van der Waals surface area contributed by atoms with Gasteiger partial charge in [0.05, 0.1) is 23.6 Å². The number of methoxy groups -OCH3 is 1. The van der Waals surface area contributed by atoms with Crippen molar-refractivity contribution >= 4 is 28.7 Å². The SMILES string of the molecule is CNC(=O)c1c(-c2ccc(F)cc2)oc2nc(NCC(F)(F)F)c(-c3ccc(OC)c(C(=O)NC(CF)(CF)CF)c3)cc12. The van der Waals surface area contributed by atoms with E-state index in [0.717, 1.165) is 18.2 Å². The van der Waals surface area contributed by atoms with E-state index in [4.69, 9.17) is 9.15 Å². The molecule has 234 valence electrons. The number of carbonyl (C=O) groups excluding carboxylic acids is 2. The summed E-state index contributed by atoms with van der Waals surface area (Å²) in [7, 11) is 2.53. The van der Waals surface area contributed by atoms with Crippen LogP contribution in [-0.4, -0.2) is 69.2 Å². The molecule has 2 aromatic carbocycles. The first-order valence-corrected chi connectivity index (χ1v) is 12.8. The second kappa shape index (κ2) is 12.8. The number of hydrogen-bond acceptors (Lipinski definition) is 6. The van der Waals surface area contributed by atoms with Crippen molar-refractivity contribution < 1.29 is 49.5 Å². The second-order valence-electron chi connectivity index (χ2n) is 9.65. The van der Waals surface area contributed by atoms with Crippen molar-refractivity contribution in [1.29, 1.82) is 0 Å². The predicted molar refractivity (Wildman–Crippen MR) is 147 cm³/mol. The monoisotopic (exact) mass is 626 g/mol. The lowest BCUT2D eigenvalue weighted by Gasteiger charge is -2.26. The maximum Gasteiger partial charge on any atom is 0.405 e. The van der Waals surface area contributed by atoms with E-state index in [2.05, 4.69) is 15.6 Å². The molecular weight excluding hydrogens is 601 g/mol. The Labute approximate surface area is 245 Å². The average molecular weight is 627 g/mol. The van der Waals surface area contributed by atoms with Crippen LogP contribution in [0.25, 0.3) is 33.6 Å². The topological polar surface area (TPSA) is 105 Å². The highest BCUT2D eigenvalue weighted by molar-refractivity contribution is 6.11. The molecule has 2 heterocycles. The fourth-order valence-electron chi connectivity index (χ4n) is 4.29. The van der Waals surface area contributed by atoms with Crippen molar-refractivity contribution in [2.45, 2.75) is 11.7 Å². The Bertz CT molecular complexity index is 1660. The maximum absolute atomic E-state index is 13.6. The first-order chi connectivity index (χ1) is 20.9. The van der Waals surface area contributed by atoms with Crippen molar-refractivity contribution in [2.24, 2.45) is 0 Å². The Kier molecular flexibility index (Phi) is 9.35. The number of anilines is 1. The number of carbonyl (C=O) groups is 2. The largest absolute Gasteiger partial charge is 0.496 e. The summed E-state index contributed by atoms with van der Waals surface area (Å²) < 4.78 is 105. The van der Waals surface area contributed by atoms with Gasteiger partial charge in [-0.05, 0) is 48.0 Å². The van der Waals surface area contributed by atoms with Gasteiger partial charge in [-0.2, -0.15) is 18.2 Å². The van der Waals surface area contributed by atoms with Crippen LogP contribution < -0.4 is 20.7 Å². The minimum absolute atomic E-state index is 0.0391. The molecule has 0 atom stereocenters. The van der Waals surface area contributed by atoms with Crippen LogP contribution in [0.4, 0.5) is 36.6 Å². The molecular formula is C29H25F7N4O4. The normalized spacial score (nSPS) is 11.8. The third kappa shape index (κ3) is 6.55. The number of nitrogens with zero attached hydrogens (tertiary/aromatic N) is 1. The third-order valence-corrected chi connectivity index (χ3v) is 6.60. The molecule has 0 aliphatic carbocycles. The first-order valence-electron chi connectivity index (χ1n) is 12.8. The average Bonchev–Trinajstić information content (AvgIpc) is 3.39.